The number of ether oxygens (including phenoxy) is 1. The molecule has 3 rings (SSSR count). The number of rotatable bonds is 6. The zero-order valence-electron chi connectivity index (χ0n) is 15.1. The lowest BCUT2D eigenvalue weighted by Crippen LogP contribution is -2.10. The highest BCUT2D eigenvalue weighted by molar-refractivity contribution is 7.12. The number of thiophene rings is 1. The third-order valence-electron chi connectivity index (χ3n) is 5.11. The molecule has 1 aromatic heterocycles. The van der Waals surface area contributed by atoms with Gasteiger partial charge >= 0.3 is 5.97 Å². The lowest BCUT2D eigenvalue weighted by atomic mass is 10.1. The highest BCUT2D eigenvalue weighted by Crippen LogP contribution is 2.60. The van der Waals surface area contributed by atoms with E-state index in [9.17, 15) is 4.79 Å². The number of halogens is 2. The molecule has 1 saturated carbocycles. The molecule has 5 heteroatoms. The fourth-order valence-corrected chi connectivity index (χ4v) is 4.83. The SMILES string of the molecule is Cc1cc(COC(=O)C2C(C=C(Cl)Cl)C2(C)C)sc1Cc1ccccc1. The predicted octanol–water partition coefficient (Wildman–Crippen LogP) is 6.28. The number of aryl methyl sites for hydroxylation is 1. The zero-order valence-corrected chi connectivity index (χ0v) is 17.4. The Bertz CT molecular complexity index is 820. The summed E-state index contributed by atoms with van der Waals surface area (Å²) in [6.45, 7) is 6.48. The van der Waals surface area contributed by atoms with Gasteiger partial charge in [0.15, 0.2) is 0 Å². The molecule has 1 aromatic carbocycles. The molecule has 1 aliphatic rings. The van der Waals surface area contributed by atoms with Crippen molar-refractivity contribution in [3.63, 3.8) is 0 Å². The standard InChI is InChI=1S/C21H22Cl2O2S/c1-13-9-15(26-17(13)10-14-7-5-4-6-8-14)12-25-20(24)19-16(11-18(22)23)21(19,2)3/h4-9,11,16,19H,10,12H2,1-3H3. The van der Waals surface area contributed by atoms with Crippen molar-refractivity contribution in [3.8, 4) is 0 Å². The van der Waals surface area contributed by atoms with Crippen molar-refractivity contribution in [1.82, 2.24) is 0 Å². The zero-order chi connectivity index (χ0) is 18.9. The second kappa shape index (κ2) is 7.75. The smallest absolute Gasteiger partial charge is 0.310 e. The number of carbonyl (C=O) groups is 1. The van der Waals surface area contributed by atoms with E-state index >= 15 is 0 Å². The van der Waals surface area contributed by atoms with Gasteiger partial charge in [-0.2, -0.15) is 0 Å². The average Bonchev–Trinajstić information content (AvgIpc) is 2.92. The van der Waals surface area contributed by atoms with Crippen LogP contribution in [0.5, 0.6) is 0 Å². The Labute approximate surface area is 168 Å². The molecule has 1 fully saturated rings. The van der Waals surface area contributed by atoms with Gasteiger partial charge in [0.1, 0.15) is 11.1 Å². The molecular formula is C21H22Cl2O2S. The average molecular weight is 409 g/mol. The summed E-state index contributed by atoms with van der Waals surface area (Å²) in [6.07, 6.45) is 2.64. The molecular weight excluding hydrogens is 387 g/mol. The molecule has 0 aliphatic heterocycles. The van der Waals surface area contributed by atoms with Crippen LogP contribution in [0.2, 0.25) is 0 Å². The molecule has 0 N–H and O–H groups in total. The van der Waals surface area contributed by atoms with E-state index < -0.39 is 0 Å². The van der Waals surface area contributed by atoms with Crippen LogP contribution >= 0.6 is 34.5 Å². The predicted molar refractivity (Wildman–Crippen MR) is 109 cm³/mol. The summed E-state index contributed by atoms with van der Waals surface area (Å²) in [5.74, 6) is -0.319. The first-order valence-corrected chi connectivity index (χ1v) is 10.2. The molecule has 2 unspecified atom stereocenters. The van der Waals surface area contributed by atoms with E-state index in [0.29, 0.717) is 6.61 Å². The topological polar surface area (TPSA) is 26.3 Å². The van der Waals surface area contributed by atoms with Gasteiger partial charge in [-0.25, -0.2) is 0 Å². The van der Waals surface area contributed by atoms with E-state index in [1.807, 2.05) is 19.9 Å². The van der Waals surface area contributed by atoms with E-state index in [1.165, 1.54) is 16.0 Å². The van der Waals surface area contributed by atoms with E-state index in [1.54, 1.807) is 17.4 Å². The maximum atomic E-state index is 12.4. The Morgan fingerprint density at radius 1 is 1.27 bits per heavy atom. The van der Waals surface area contributed by atoms with Gasteiger partial charge in [0.05, 0.1) is 5.92 Å². The minimum Gasteiger partial charge on any atom is -0.460 e. The largest absolute Gasteiger partial charge is 0.460 e. The third kappa shape index (κ3) is 4.33. The summed E-state index contributed by atoms with van der Waals surface area (Å²) < 4.78 is 5.78. The summed E-state index contributed by atoms with van der Waals surface area (Å²) in [5, 5.41) is 0. The maximum Gasteiger partial charge on any atom is 0.310 e. The number of hydrogen-bond acceptors (Lipinski definition) is 3. The Kier molecular flexibility index (Phi) is 5.81. The Balaban J connectivity index is 1.60. The summed E-state index contributed by atoms with van der Waals surface area (Å²) in [6, 6.07) is 12.5. The molecule has 1 heterocycles. The van der Waals surface area contributed by atoms with Gasteiger partial charge in [-0.05, 0) is 41.5 Å². The summed E-state index contributed by atoms with van der Waals surface area (Å²) in [7, 11) is 0. The summed E-state index contributed by atoms with van der Waals surface area (Å²) in [5.41, 5.74) is 2.37. The van der Waals surface area contributed by atoms with Gasteiger partial charge in [0.25, 0.3) is 0 Å². The number of esters is 1. The van der Waals surface area contributed by atoms with E-state index in [-0.39, 0.29) is 27.7 Å². The summed E-state index contributed by atoms with van der Waals surface area (Å²) in [4.78, 5) is 14.8. The van der Waals surface area contributed by atoms with Crippen molar-refractivity contribution in [2.24, 2.45) is 17.3 Å². The third-order valence-corrected chi connectivity index (χ3v) is 6.57. The van der Waals surface area contributed by atoms with E-state index in [2.05, 4.69) is 37.3 Å². The highest BCUT2D eigenvalue weighted by Gasteiger charge is 2.61. The van der Waals surface area contributed by atoms with E-state index in [0.717, 1.165) is 11.3 Å². The Hall–Kier alpha value is -1.29. The van der Waals surface area contributed by atoms with Crippen LogP contribution < -0.4 is 0 Å². The van der Waals surface area contributed by atoms with Crippen molar-refractivity contribution in [2.45, 2.75) is 33.8 Å². The summed E-state index contributed by atoms with van der Waals surface area (Å²) >= 11 is 13.2. The van der Waals surface area contributed by atoms with Crippen molar-refractivity contribution in [3.05, 3.63) is 67.8 Å². The van der Waals surface area contributed by atoms with E-state index in [4.69, 9.17) is 27.9 Å². The number of hydrogen-bond donors (Lipinski definition) is 0. The lowest BCUT2D eigenvalue weighted by molar-refractivity contribution is -0.147. The first kappa shape index (κ1) is 19.5. The van der Waals surface area contributed by atoms with Crippen LogP contribution in [-0.2, 0) is 22.6 Å². The molecule has 138 valence electrons. The molecule has 0 amide bonds. The van der Waals surface area contributed by atoms with Crippen molar-refractivity contribution >= 4 is 40.5 Å². The first-order valence-electron chi connectivity index (χ1n) is 8.60. The van der Waals surface area contributed by atoms with Crippen LogP contribution in [0.15, 0.2) is 47.0 Å². The van der Waals surface area contributed by atoms with Gasteiger partial charge in [-0.1, -0.05) is 67.4 Å². The van der Waals surface area contributed by atoms with Gasteiger partial charge in [-0.15, -0.1) is 11.3 Å². The van der Waals surface area contributed by atoms with Gasteiger partial charge in [0.2, 0.25) is 0 Å². The van der Waals surface area contributed by atoms with Crippen LogP contribution in [0, 0.1) is 24.2 Å². The van der Waals surface area contributed by atoms with Crippen LogP contribution in [-0.4, -0.2) is 5.97 Å². The second-order valence-electron chi connectivity index (χ2n) is 7.37. The number of carbonyl (C=O) groups excluding carboxylic acids is 1. The van der Waals surface area contributed by atoms with Crippen molar-refractivity contribution in [2.75, 3.05) is 0 Å². The lowest BCUT2D eigenvalue weighted by Gasteiger charge is -2.04. The minimum atomic E-state index is -0.181. The number of allylic oxidation sites excluding steroid dienone is 1. The van der Waals surface area contributed by atoms with Crippen LogP contribution in [0.25, 0.3) is 0 Å². The fraction of sp³-hybridized carbons (Fsp3) is 0.381. The molecule has 0 bridgehead atoms. The minimum absolute atomic E-state index is 0.0405. The van der Waals surface area contributed by atoms with Crippen LogP contribution in [0.4, 0.5) is 0 Å². The molecule has 2 nitrogen and oxygen atoms in total. The normalized spacial score (nSPS) is 20.5. The molecule has 2 aromatic rings. The van der Waals surface area contributed by atoms with Gasteiger partial charge < -0.3 is 4.74 Å². The molecule has 0 spiro atoms. The highest BCUT2D eigenvalue weighted by atomic mass is 35.5. The molecule has 0 radical (unpaired) electrons. The molecule has 26 heavy (non-hydrogen) atoms. The number of benzene rings is 1. The van der Waals surface area contributed by atoms with Crippen molar-refractivity contribution < 1.29 is 9.53 Å². The van der Waals surface area contributed by atoms with Gasteiger partial charge in [0, 0.05) is 16.2 Å². The van der Waals surface area contributed by atoms with Crippen molar-refractivity contribution in [1.29, 1.82) is 0 Å². The van der Waals surface area contributed by atoms with Crippen LogP contribution in [0.1, 0.15) is 34.7 Å². The monoisotopic (exact) mass is 408 g/mol. The molecule has 0 saturated heterocycles. The maximum absolute atomic E-state index is 12.4. The fourth-order valence-electron chi connectivity index (χ4n) is 3.42. The Morgan fingerprint density at radius 3 is 2.62 bits per heavy atom. The Morgan fingerprint density at radius 2 is 1.96 bits per heavy atom. The first-order chi connectivity index (χ1) is 12.3. The molecule has 2 atom stereocenters. The van der Waals surface area contributed by atoms with Gasteiger partial charge in [-0.3, -0.25) is 4.79 Å². The van der Waals surface area contributed by atoms with Crippen LogP contribution in [0.3, 0.4) is 0 Å². The second-order valence-corrected chi connectivity index (χ2v) is 9.60. The quantitative estimate of drug-likeness (QED) is 0.525. The molecule has 1 aliphatic carbocycles.